The van der Waals surface area contributed by atoms with Gasteiger partial charge in [0.05, 0.1) is 12.0 Å². The lowest BCUT2D eigenvalue weighted by Gasteiger charge is -2.34. The van der Waals surface area contributed by atoms with Crippen LogP contribution >= 0.6 is 0 Å². The molecule has 1 aromatic heterocycles. The molecule has 1 amide bonds. The Balaban J connectivity index is 1.50. The molecule has 1 aliphatic rings. The first-order chi connectivity index (χ1) is 14.5. The number of hydrogen-bond acceptors (Lipinski definition) is 4. The van der Waals surface area contributed by atoms with Crippen LogP contribution in [0, 0.1) is 0 Å². The molecule has 4 rings (SSSR count). The number of fused-ring (bicyclic) bond motifs is 1. The number of carbonyl (C=O) groups excluding carboxylic acids is 1. The van der Waals surface area contributed by atoms with E-state index in [1.807, 2.05) is 41.8 Å². The SMILES string of the molecule is CCn1c(C(=O)N2CCN(S(=O)(=O)c3ccc(OC)cc3)CC2)cc2ccccc21. The van der Waals surface area contributed by atoms with Crippen LogP contribution in [-0.4, -0.2) is 61.4 Å². The van der Waals surface area contributed by atoms with Crippen LogP contribution in [-0.2, 0) is 16.6 Å². The number of carbonyl (C=O) groups is 1. The van der Waals surface area contributed by atoms with Crippen molar-refractivity contribution < 1.29 is 17.9 Å². The Morgan fingerprint density at radius 3 is 2.30 bits per heavy atom. The van der Waals surface area contributed by atoms with Gasteiger partial charge in [-0.3, -0.25) is 4.79 Å². The largest absolute Gasteiger partial charge is 0.497 e. The first-order valence-electron chi connectivity index (χ1n) is 9.97. The predicted octanol–water partition coefficient (Wildman–Crippen LogP) is 2.82. The fraction of sp³-hybridized carbons (Fsp3) is 0.318. The first-order valence-corrected chi connectivity index (χ1v) is 11.4. The highest BCUT2D eigenvalue weighted by molar-refractivity contribution is 7.89. The van der Waals surface area contributed by atoms with Gasteiger partial charge in [-0.15, -0.1) is 0 Å². The van der Waals surface area contributed by atoms with Crippen molar-refractivity contribution >= 4 is 26.8 Å². The number of nitrogens with zero attached hydrogens (tertiary/aromatic N) is 3. The fourth-order valence-corrected chi connectivity index (χ4v) is 5.34. The zero-order chi connectivity index (χ0) is 21.3. The van der Waals surface area contributed by atoms with E-state index in [1.54, 1.807) is 29.2 Å². The van der Waals surface area contributed by atoms with E-state index in [0.717, 1.165) is 10.9 Å². The van der Waals surface area contributed by atoms with Crippen LogP contribution in [0.4, 0.5) is 0 Å². The molecule has 1 fully saturated rings. The zero-order valence-corrected chi connectivity index (χ0v) is 17.9. The summed E-state index contributed by atoms with van der Waals surface area (Å²) in [7, 11) is -2.06. The molecule has 7 nitrogen and oxygen atoms in total. The lowest BCUT2D eigenvalue weighted by Crippen LogP contribution is -2.50. The van der Waals surface area contributed by atoms with Crippen molar-refractivity contribution in [3.63, 3.8) is 0 Å². The quantitative estimate of drug-likeness (QED) is 0.628. The van der Waals surface area contributed by atoms with Crippen LogP contribution in [0.25, 0.3) is 10.9 Å². The molecule has 1 saturated heterocycles. The van der Waals surface area contributed by atoms with E-state index in [2.05, 4.69) is 0 Å². The molecular formula is C22H25N3O4S. The Morgan fingerprint density at radius 2 is 1.67 bits per heavy atom. The topological polar surface area (TPSA) is 71.9 Å². The standard InChI is InChI=1S/C22H25N3O4S/c1-3-25-20-7-5-4-6-17(20)16-21(25)22(26)23-12-14-24(15-13-23)30(27,28)19-10-8-18(29-2)9-11-19/h4-11,16H,3,12-15H2,1-2H3. The predicted molar refractivity (Wildman–Crippen MR) is 115 cm³/mol. The summed E-state index contributed by atoms with van der Waals surface area (Å²) >= 11 is 0. The maximum atomic E-state index is 13.2. The molecule has 0 radical (unpaired) electrons. The van der Waals surface area contributed by atoms with Crippen molar-refractivity contribution in [2.24, 2.45) is 0 Å². The normalized spacial score (nSPS) is 15.5. The molecule has 0 aliphatic carbocycles. The maximum Gasteiger partial charge on any atom is 0.270 e. The van der Waals surface area contributed by atoms with Crippen molar-refractivity contribution in [1.29, 1.82) is 0 Å². The van der Waals surface area contributed by atoms with Gasteiger partial charge in [0.25, 0.3) is 5.91 Å². The van der Waals surface area contributed by atoms with Crippen LogP contribution < -0.4 is 4.74 Å². The van der Waals surface area contributed by atoms with Gasteiger partial charge in [0.1, 0.15) is 11.4 Å². The molecule has 8 heteroatoms. The van der Waals surface area contributed by atoms with Gasteiger partial charge in [-0.25, -0.2) is 8.42 Å². The maximum absolute atomic E-state index is 13.2. The van der Waals surface area contributed by atoms with Crippen LogP contribution in [0.15, 0.2) is 59.5 Å². The van der Waals surface area contributed by atoms with Crippen LogP contribution in [0.3, 0.4) is 0 Å². The average molecular weight is 428 g/mol. The van der Waals surface area contributed by atoms with Gasteiger partial charge in [-0.05, 0) is 43.3 Å². The van der Waals surface area contributed by atoms with Gasteiger partial charge in [0.15, 0.2) is 0 Å². The molecule has 0 atom stereocenters. The summed E-state index contributed by atoms with van der Waals surface area (Å²) in [5.74, 6) is 0.547. The van der Waals surface area contributed by atoms with E-state index in [-0.39, 0.29) is 23.9 Å². The lowest BCUT2D eigenvalue weighted by atomic mass is 10.2. The number of para-hydroxylation sites is 1. The van der Waals surface area contributed by atoms with Crippen molar-refractivity contribution in [3.05, 3.63) is 60.3 Å². The van der Waals surface area contributed by atoms with Crippen molar-refractivity contribution in [1.82, 2.24) is 13.8 Å². The monoisotopic (exact) mass is 427 g/mol. The summed E-state index contributed by atoms with van der Waals surface area (Å²) in [6.07, 6.45) is 0. The molecule has 3 aromatic rings. The number of benzene rings is 2. The number of ether oxygens (including phenoxy) is 1. The Bertz CT molecular complexity index is 1160. The summed E-state index contributed by atoms with van der Waals surface area (Å²) in [4.78, 5) is 15.1. The smallest absolute Gasteiger partial charge is 0.270 e. The van der Waals surface area contributed by atoms with Crippen molar-refractivity contribution in [2.45, 2.75) is 18.4 Å². The third kappa shape index (κ3) is 3.57. The van der Waals surface area contributed by atoms with Crippen LogP contribution in [0.5, 0.6) is 5.75 Å². The number of rotatable bonds is 5. The molecule has 0 N–H and O–H groups in total. The van der Waals surface area contributed by atoms with E-state index in [0.29, 0.717) is 31.1 Å². The molecule has 0 bridgehead atoms. The number of amides is 1. The van der Waals surface area contributed by atoms with Crippen LogP contribution in [0.1, 0.15) is 17.4 Å². The number of aryl methyl sites for hydroxylation is 1. The second kappa shape index (κ2) is 8.12. The highest BCUT2D eigenvalue weighted by Crippen LogP contribution is 2.23. The minimum Gasteiger partial charge on any atom is -0.497 e. The third-order valence-electron chi connectivity index (χ3n) is 5.57. The second-order valence-corrected chi connectivity index (χ2v) is 9.14. The number of sulfonamides is 1. The Labute approximate surface area is 176 Å². The minimum atomic E-state index is -3.60. The van der Waals surface area contributed by atoms with Gasteiger partial charge in [-0.2, -0.15) is 4.31 Å². The molecule has 0 unspecified atom stereocenters. The first kappa shape index (κ1) is 20.4. The van der Waals surface area contributed by atoms with Crippen molar-refractivity contribution in [3.8, 4) is 5.75 Å². The highest BCUT2D eigenvalue weighted by Gasteiger charge is 2.31. The Kier molecular flexibility index (Phi) is 5.53. The lowest BCUT2D eigenvalue weighted by molar-refractivity contribution is 0.0687. The molecule has 2 aromatic carbocycles. The van der Waals surface area contributed by atoms with E-state index in [4.69, 9.17) is 4.74 Å². The zero-order valence-electron chi connectivity index (χ0n) is 17.1. The average Bonchev–Trinajstić information content (AvgIpc) is 3.17. The van der Waals surface area contributed by atoms with E-state index < -0.39 is 10.0 Å². The van der Waals surface area contributed by atoms with E-state index >= 15 is 0 Å². The number of methoxy groups -OCH3 is 1. The van der Waals surface area contributed by atoms with E-state index in [1.165, 1.54) is 11.4 Å². The fourth-order valence-electron chi connectivity index (χ4n) is 3.92. The molecule has 30 heavy (non-hydrogen) atoms. The number of aromatic nitrogens is 1. The molecule has 0 saturated carbocycles. The van der Waals surface area contributed by atoms with Gasteiger partial charge in [-0.1, -0.05) is 18.2 Å². The Morgan fingerprint density at radius 1 is 1.00 bits per heavy atom. The summed E-state index contributed by atoms with van der Waals surface area (Å²) in [5.41, 5.74) is 1.68. The molecule has 1 aliphatic heterocycles. The Hall–Kier alpha value is -2.84. The molecule has 158 valence electrons. The van der Waals surface area contributed by atoms with E-state index in [9.17, 15) is 13.2 Å². The second-order valence-electron chi connectivity index (χ2n) is 7.20. The summed E-state index contributed by atoms with van der Waals surface area (Å²) in [6, 6.07) is 16.2. The molecule has 2 heterocycles. The summed E-state index contributed by atoms with van der Waals surface area (Å²) in [6.45, 7) is 3.97. The van der Waals surface area contributed by atoms with Crippen LogP contribution in [0.2, 0.25) is 0 Å². The number of piperazine rings is 1. The van der Waals surface area contributed by atoms with Gasteiger partial charge in [0, 0.05) is 43.6 Å². The minimum absolute atomic E-state index is 0.0606. The highest BCUT2D eigenvalue weighted by atomic mass is 32.2. The third-order valence-corrected chi connectivity index (χ3v) is 7.48. The number of hydrogen-bond donors (Lipinski definition) is 0. The summed E-state index contributed by atoms with van der Waals surface area (Å²) in [5, 5.41) is 1.03. The van der Waals surface area contributed by atoms with Crippen molar-refractivity contribution in [2.75, 3.05) is 33.3 Å². The van der Waals surface area contributed by atoms with Gasteiger partial charge >= 0.3 is 0 Å². The molecular weight excluding hydrogens is 402 g/mol. The molecule has 0 spiro atoms. The van der Waals surface area contributed by atoms with Gasteiger partial charge < -0.3 is 14.2 Å². The van der Waals surface area contributed by atoms with Gasteiger partial charge in [0.2, 0.25) is 10.0 Å². The summed E-state index contributed by atoms with van der Waals surface area (Å²) < 4.78 is 34.4.